The second kappa shape index (κ2) is 7.05. The number of furan rings is 1. The van der Waals surface area contributed by atoms with Gasteiger partial charge < -0.3 is 14.4 Å². The summed E-state index contributed by atoms with van der Waals surface area (Å²) in [5.74, 6) is 1.40. The van der Waals surface area contributed by atoms with E-state index in [1.54, 1.807) is 13.2 Å². The lowest BCUT2D eigenvalue weighted by Crippen LogP contribution is -2.05. The van der Waals surface area contributed by atoms with Crippen molar-refractivity contribution in [2.75, 3.05) is 13.7 Å². The Morgan fingerprint density at radius 1 is 1.25 bits per heavy atom. The summed E-state index contributed by atoms with van der Waals surface area (Å²) in [4.78, 5) is 1.05. The molecule has 1 aromatic heterocycles. The van der Waals surface area contributed by atoms with Gasteiger partial charge >= 0.3 is 0 Å². The molecule has 0 amide bonds. The fourth-order valence-electron chi connectivity index (χ4n) is 1.65. The first kappa shape index (κ1) is 14.5. The van der Waals surface area contributed by atoms with Crippen molar-refractivity contribution in [3.8, 4) is 5.75 Å². The van der Waals surface area contributed by atoms with Gasteiger partial charge in [0.2, 0.25) is 6.21 Å². The van der Waals surface area contributed by atoms with E-state index in [1.165, 1.54) is 18.0 Å². The van der Waals surface area contributed by atoms with Gasteiger partial charge in [-0.3, -0.25) is 0 Å². The molecule has 0 unspecified atom stereocenters. The van der Waals surface area contributed by atoms with E-state index in [1.807, 2.05) is 37.3 Å². The third kappa shape index (κ3) is 4.06. The molecular weight excluding hydrogens is 274 g/mol. The minimum Gasteiger partial charge on any atom is -0.624 e. The second-order valence-corrected chi connectivity index (χ2v) is 5.28. The summed E-state index contributed by atoms with van der Waals surface area (Å²) in [6.07, 6.45) is 2.29. The Bertz CT molecular complexity index is 575. The van der Waals surface area contributed by atoms with Crippen LogP contribution >= 0.6 is 11.8 Å². The number of benzene rings is 1. The van der Waals surface area contributed by atoms with Crippen LogP contribution in [0.2, 0.25) is 0 Å². The lowest BCUT2D eigenvalue weighted by atomic mass is 10.3. The summed E-state index contributed by atoms with van der Waals surface area (Å²) < 4.78 is 11.6. The molecule has 20 heavy (non-hydrogen) atoms. The van der Waals surface area contributed by atoms with Crippen LogP contribution in [-0.4, -0.2) is 24.6 Å². The molecule has 2 rings (SSSR count). The predicted molar refractivity (Wildman–Crippen MR) is 79.8 cm³/mol. The average Bonchev–Trinajstić information content (AvgIpc) is 2.87. The molecule has 5 heteroatoms. The van der Waals surface area contributed by atoms with Gasteiger partial charge in [0.1, 0.15) is 5.75 Å². The smallest absolute Gasteiger partial charge is 0.217 e. The van der Waals surface area contributed by atoms with E-state index in [0.29, 0.717) is 12.3 Å². The molecule has 0 spiro atoms. The molecule has 0 bridgehead atoms. The van der Waals surface area contributed by atoms with Crippen LogP contribution in [0, 0.1) is 5.21 Å². The molecule has 0 fully saturated rings. The van der Waals surface area contributed by atoms with Crippen LogP contribution in [0.25, 0.3) is 0 Å². The van der Waals surface area contributed by atoms with Gasteiger partial charge in [-0.15, -0.1) is 0 Å². The summed E-state index contributed by atoms with van der Waals surface area (Å²) in [5.41, 5.74) is 0. The molecule has 0 atom stereocenters. The Morgan fingerprint density at radius 3 is 2.65 bits per heavy atom. The number of hydrogen-bond donors (Lipinski definition) is 0. The molecule has 4 nitrogen and oxygen atoms in total. The highest BCUT2D eigenvalue weighted by Crippen LogP contribution is 2.30. The average molecular weight is 291 g/mol. The molecule has 0 saturated heterocycles. The molecule has 2 aromatic rings. The van der Waals surface area contributed by atoms with E-state index in [0.717, 1.165) is 26.9 Å². The van der Waals surface area contributed by atoms with Crippen LogP contribution in [0.15, 0.2) is 50.8 Å². The minimum absolute atomic E-state index is 0.474. The van der Waals surface area contributed by atoms with Gasteiger partial charge in [-0.1, -0.05) is 18.7 Å². The van der Waals surface area contributed by atoms with E-state index in [9.17, 15) is 5.21 Å². The number of ether oxygens (including phenoxy) is 1. The zero-order valence-electron chi connectivity index (χ0n) is 11.5. The van der Waals surface area contributed by atoms with Crippen LogP contribution in [0.4, 0.5) is 0 Å². The number of hydrogen-bond acceptors (Lipinski definition) is 4. The molecule has 0 saturated carbocycles. The highest BCUT2D eigenvalue weighted by molar-refractivity contribution is 7.99. The monoisotopic (exact) mass is 291 g/mol. The van der Waals surface area contributed by atoms with E-state index in [2.05, 4.69) is 0 Å². The van der Waals surface area contributed by atoms with Crippen LogP contribution in [0.3, 0.4) is 0 Å². The van der Waals surface area contributed by atoms with Crippen LogP contribution in [-0.2, 0) is 0 Å². The minimum atomic E-state index is 0.474. The maximum absolute atomic E-state index is 11.4. The maximum atomic E-state index is 11.4. The summed E-state index contributed by atoms with van der Waals surface area (Å²) in [6, 6.07) is 11.4. The standard InChI is InChI=1S/C15H17NO3S/c1-3-10-16(17)11-13-6-9-15(19-13)20-14-7-4-12(18-2)5-8-14/h4-9,11H,3,10H2,1-2H3. The lowest BCUT2D eigenvalue weighted by Gasteiger charge is -2.01. The number of nitrogens with zero attached hydrogens (tertiary/aromatic N) is 1. The zero-order chi connectivity index (χ0) is 14.4. The lowest BCUT2D eigenvalue weighted by molar-refractivity contribution is -0.452. The third-order valence-electron chi connectivity index (χ3n) is 2.60. The van der Waals surface area contributed by atoms with Crippen LogP contribution in [0.5, 0.6) is 5.75 Å². The van der Waals surface area contributed by atoms with Crippen molar-refractivity contribution in [2.24, 2.45) is 0 Å². The molecule has 106 valence electrons. The van der Waals surface area contributed by atoms with E-state index >= 15 is 0 Å². The Hall–Kier alpha value is -1.88. The Balaban J connectivity index is 2.03. The normalized spacial score (nSPS) is 11.6. The van der Waals surface area contributed by atoms with E-state index in [-0.39, 0.29) is 0 Å². The summed E-state index contributed by atoms with van der Waals surface area (Å²) in [7, 11) is 1.64. The first-order valence-corrected chi connectivity index (χ1v) is 7.23. The van der Waals surface area contributed by atoms with Gasteiger partial charge in [0.05, 0.1) is 7.11 Å². The topological polar surface area (TPSA) is 48.4 Å². The van der Waals surface area contributed by atoms with Crippen molar-refractivity contribution >= 4 is 18.0 Å². The Kier molecular flexibility index (Phi) is 5.12. The predicted octanol–water partition coefficient (Wildman–Crippen LogP) is 3.78. The van der Waals surface area contributed by atoms with Crippen molar-refractivity contribution in [1.82, 2.24) is 0 Å². The van der Waals surface area contributed by atoms with Crippen molar-refractivity contribution in [3.63, 3.8) is 0 Å². The summed E-state index contributed by atoms with van der Waals surface area (Å²) in [6.45, 7) is 2.44. The maximum Gasteiger partial charge on any atom is 0.217 e. The highest BCUT2D eigenvalue weighted by Gasteiger charge is 2.05. The van der Waals surface area contributed by atoms with Crippen molar-refractivity contribution in [2.45, 2.75) is 23.3 Å². The van der Waals surface area contributed by atoms with Gasteiger partial charge in [-0.25, -0.2) is 4.74 Å². The van der Waals surface area contributed by atoms with Gasteiger partial charge in [0.15, 0.2) is 17.4 Å². The summed E-state index contributed by atoms with van der Waals surface area (Å²) >= 11 is 1.51. The fraction of sp³-hybridized carbons (Fsp3) is 0.267. The fourth-order valence-corrected chi connectivity index (χ4v) is 2.42. The number of methoxy groups -OCH3 is 1. The third-order valence-corrected chi connectivity index (χ3v) is 3.52. The first-order valence-electron chi connectivity index (χ1n) is 6.41. The van der Waals surface area contributed by atoms with Crippen molar-refractivity contribution < 1.29 is 13.9 Å². The Morgan fingerprint density at radius 2 is 2.00 bits per heavy atom. The quantitative estimate of drug-likeness (QED) is 0.352. The Labute approximate surface area is 122 Å². The largest absolute Gasteiger partial charge is 0.624 e. The number of hydroxylamine groups is 1. The summed E-state index contributed by atoms with van der Waals surface area (Å²) in [5, 5.41) is 12.2. The zero-order valence-corrected chi connectivity index (χ0v) is 12.4. The first-order chi connectivity index (χ1) is 9.71. The number of rotatable bonds is 6. The molecule has 1 heterocycles. The molecule has 0 aliphatic heterocycles. The van der Waals surface area contributed by atoms with Crippen molar-refractivity contribution in [1.29, 1.82) is 0 Å². The molecular formula is C15H17NO3S. The molecule has 0 N–H and O–H groups in total. The van der Waals surface area contributed by atoms with Gasteiger partial charge in [0.25, 0.3) is 0 Å². The van der Waals surface area contributed by atoms with Gasteiger partial charge in [-0.2, -0.15) is 0 Å². The molecule has 0 aliphatic carbocycles. The van der Waals surface area contributed by atoms with Crippen LogP contribution in [0.1, 0.15) is 19.1 Å². The molecule has 0 radical (unpaired) electrons. The SMILES string of the molecule is CCC[N+]([O-])=Cc1ccc(Sc2ccc(OC)cc2)o1. The van der Waals surface area contributed by atoms with Crippen LogP contribution < -0.4 is 4.74 Å². The van der Waals surface area contributed by atoms with E-state index < -0.39 is 0 Å². The van der Waals surface area contributed by atoms with E-state index in [4.69, 9.17) is 9.15 Å². The van der Waals surface area contributed by atoms with Crippen molar-refractivity contribution in [3.05, 3.63) is 47.4 Å². The van der Waals surface area contributed by atoms with Gasteiger partial charge in [-0.05, 0) is 36.4 Å². The molecule has 0 aliphatic rings. The second-order valence-electron chi connectivity index (χ2n) is 4.20. The molecule has 1 aromatic carbocycles. The van der Waals surface area contributed by atoms with Gasteiger partial charge in [0, 0.05) is 11.3 Å². The highest BCUT2D eigenvalue weighted by atomic mass is 32.2.